The molecular formula is C16H24N2O3. The van der Waals surface area contributed by atoms with Gasteiger partial charge in [0.1, 0.15) is 5.75 Å². The second kappa shape index (κ2) is 8.42. The molecule has 0 bridgehead atoms. The number of amides is 1. The molecule has 0 atom stereocenters. The van der Waals surface area contributed by atoms with E-state index >= 15 is 0 Å². The van der Waals surface area contributed by atoms with Crippen LogP contribution in [0.4, 0.5) is 0 Å². The number of hydrogen-bond donors (Lipinski definition) is 1. The summed E-state index contributed by atoms with van der Waals surface area (Å²) in [6.07, 6.45) is 0. The number of ketones is 1. The van der Waals surface area contributed by atoms with Crippen molar-refractivity contribution in [3.05, 3.63) is 29.8 Å². The van der Waals surface area contributed by atoms with Crippen LogP contribution in [-0.2, 0) is 4.79 Å². The fraction of sp³-hybridized carbons (Fsp3) is 0.500. The van der Waals surface area contributed by atoms with Crippen LogP contribution in [0.3, 0.4) is 0 Å². The van der Waals surface area contributed by atoms with Gasteiger partial charge in [-0.1, -0.05) is 6.92 Å². The number of Topliss-reactive ketones (excluding diaryl/α,β-unsaturated/α-hetero) is 1. The number of benzene rings is 1. The third kappa shape index (κ3) is 5.95. The van der Waals surface area contributed by atoms with Gasteiger partial charge in [0.2, 0.25) is 5.91 Å². The minimum Gasteiger partial charge on any atom is -0.497 e. The van der Waals surface area contributed by atoms with E-state index in [4.69, 9.17) is 4.74 Å². The van der Waals surface area contributed by atoms with Gasteiger partial charge in [-0.15, -0.1) is 0 Å². The number of carbonyl (C=O) groups is 2. The summed E-state index contributed by atoms with van der Waals surface area (Å²) in [5, 5.41) is 2.83. The highest BCUT2D eigenvalue weighted by atomic mass is 16.5. The molecule has 21 heavy (non-hydrogen) atoms. The van der Waals surface area contributed by atoms with E-state index in [-0.39, 0.29) is 30.8 Å². The van der Waals surface area contributed by atoms with Gasteiger partial charge in [-0.2, -0.15) is 0 Å². The third-order valence-corrected chi connectivity index (χ3v) is 3.04. The van der Waals surface area contributed by atoms with Gasteiger partial charge in [0.15, 0.2) is 5.78 Å². The van der Waals surface area contributed by atoms with E-state index < -0.39 is 0 Å². The highest BCUT2D eigenvalue weighted by Gasteiger charge is 2.14. The molecule has 1 aromatic carbocycles. The summed E-state index contributed by atoms with van der Waals surface area (Å²) in [6.45, 7) is 6.87. The zero-order valence-electron chi connectivity index (χ0n) is 13.2. The SMILES string of the molecule is CCN(CC(=O)NC(C)C)CC(=O)c1ccc(OC)cc1. The van der Waals surface area contributed by atoms with Crippen molar-refractivity contribution in [1.29, 1.82) is 0 Å². The molecule has 0 aliphatic rings. The Morgan fingerprint density at radius 1 is 1.19 bits per heavy atom. The normalized spacial score (nSPS) is 10.8. The van der Waals surface area contributed by atoms with Gasteiger partial charge < -0.3 is 10.1 Å². The van der Waals surface area contributed by atoms with Crippen LogP contribution in [0.2, 0.25) is 0 Å². The number of likely N-dealkylation sites (N-methyl/N-ethyl adjacent to an activating group) is 1. The Morgan fingerprint density at radius 3 is 2.29 bits per heavy atom. The lowest BCUT2D eigenvalue weighted by Gasteiger charge is -2.20. The fourth-order valence-electron chi connectivity index (χ4n) is 1.92. The summed E-state index contributed by atoms with van der Waals surface area (Å²) in [7, 11) is 1.59. The first kappa shape index (κ1) is 17.2. The van der Waals surface area contributed by atoms with Crippen LogP contribution in [0.5, 0.6) is 5.75 Å². The maximum absolute atomic E-state index is 12.2. The van der Waals surface area contributed by atoms with Crippen molar-refractivity contribution in [3.8, 4) is 5.75 Å². The van der Waals surface area contributed by atoms with Crippen molar-refractivity contribution in [2.75, 3.05) is 26.7 Å². The molecular weight excluding hydrogens is 268 g/mol. The average Bonchev–Trinajstić information content (AvgIpc) is 2.45. The quantitative estimate of drug-likeness (QED) is 0.741. The second-order valence-electron chi connectivity index (χ2n) is 5.18. The molecule has 0 aromatic heterocycles. The summed E-state index contributed by atoms with van der Waals surface area (Å²) in [5.41, 5.74) is 0.624. The Balaban J connectivity index is 2.59. The van der Waals surface area contributed by atoms with Crippen LogP contribution in [0.1, 0.15) is 31.1 Å². The Morgan fingerprint density at radius 2 is 1.81 bits per heavy atom. The molecule has 1 amide bonds. The summed E-state index contributed by atoms with van der Waals surface area (Å²) in [5.74, 6) is 0.654. The topological polar surface area (TPSA) is 58.6 Å². The Hall–Kier alpha value is -1.88. The van der Waals surface area contributed by atoms with Gasteiger partial charge in [-0.25, -0.2) is 0 Å². The van der Waals surface area contributed by atoms with Crippen LogP contribution in [0.15, 0.2) is 24.3 Å². The number of methoxy groups -OCH3 is 1. The first-order chi connectivity index (χ1) is 9.96. The molecule has 1 rings (SSSR count). The molecule has 5 heteroatoms. The van der Waals surface area contributed by atoms with Crippen molar-refractivity contribution in [2.45, 2.75) is 26.8 Å². The van der Waals surface area contributed by atoms with Gasteiger partial charge in [-0.3, -0.25) is 14.5 Å². The van der Waals surface area contributed by atoms with Crippen molar-refractivity contribution < 1.29 is 14.3 Å². The van der Waals surface area contributed by atoms with Crippen molar-refractivity contribution in [2.24, 2.45) is 0 Å². The molecule has 5 nitrogen and oxygen atoms in total. The molecule has 0 saturated heterocycles. The first-order valence-electron chi connectivity index (χ1n) is 7.15. The third-order valence-electron chi connectivity index (χ3n) is 3.04. The molecule has 0 spiro atoms. The fourth-order valence-corrected chi connectivity index (χ4v) is 1.92. The highest BCUT2D eigenvalue weighted by molar-refractivity contribution is 5.98. The standard InChI is InChI=1S/C16H24N2O3/c1-5-18(11-16(20)17-12(2)3)10-15(19)13-6-8-14(21-4)9-7-13/h6-9,12H,5,10-11H2,1-4H3,(H,17,20). The summed E-state index contributed by atoms with van der Waals surface area (Å²) >= 11 is 0. The van der Waals surface area contributed by atoms with E-state index in [2.05, 4.69) is 5.32 Å². The maximum Gasteiger partial charge on any atom is 0.234 e. The average molecular weight is 292 g/mol. The lowest BCUT2D eigenvalue weighted by atomic mass is 10.1. The Kier molecular flexibility index (Phi) is 6.88. The molecule has 1 aromatic rings. The van der Waals surface area contributed by atoms with Crippen LogP contribution < -0.4 is 10.1 Å². The number of nitrogens with one attached hydrogen (secondary N) is 1. The summed E-state index contributed by atoms with van der Waals surface area (Å²) in [6, 6.07) is 7.10. The van der Waals surface area contributed by atoms with Crippen molar-refractivity contribution in [1.82, 2.24) is 10.2 Å². The molecule has 0 fully saturated rings. The zero-order chi connectivity index (χ0) is 15.8. The monoisotopic (exact) mass is 292 g/mol. The zero-order valence-corrected chi connectivity index (χ0v) is 13.2. The van der Waals surface area contributed by atoms with E-state index in [1.54, 1.807) is 31.4 Å². The van der Waals surface area contributed by atoms with Gasteiger partial charge in [0.25, 0.3) is 0 Å². The minimum absolute atomic E-state index is 0.00292. The lowest BCUT2D eigenvalue weighted by molar-refractivity contribution is -0.122. The second-order valence-corrected chi connectivity index (χ2v) is 5.18. The molecule has 0 aliphatic heterocycles. The number of rotatable bonds is 8. The number of carbonyl (C=O) groups excluding carboxylic acids is 2. The number of ether oxygens (including phenoxy) is 1. The Bertz CT molecular complexity index is 469. The van der Waals surface area contributed by atoms with Gasteiger partial charge in [0, 0.05) is 11.6 Å². The predicted molar refractivity (Wildman–Crippen MR) is 82.7 cm³/mol. The minimum atomic E-state index is -0.0608. The van der Waals surface area contributed by atoms with Crippen LogP contribution in [-0.4, -0.2) is 49.4 Å². The molecule has 1 N–H and O–H groups in total. The first-order valence-corrected chi connectivity index (χ1v) is 7.15. The molecule has 0 saturated carbocycles. The number of nitrogens with zero attached hydrogens (tertiary/aromatic N) is 1. The molecule has 0 radical (unpaired) electrons. The van der Waals surface area contributed by atoms with Crippen LogP contribution in [0.25, 0.3) is 0 Å². The van der Waals surface area contributed by atoms with E-state index in [1.165, 1.54) is 0 Å². The molecule has 0 unspecified atom stereocenters. The van der Waals surface area contributed by atoms with E-state index in [0.717, 1.165) is 5.75 Å². The smallest absolute Gasteiger partial charge is 0.234 e. The molecule has 0 aliphatic carbocycles. The van der Waals surface area contributed by atoms with E-state index in [9.17, 15) is 9.59 Å². The predicted octanol–water partition coefficient (Wildman–Crippen LogP) is 1.72. The van der Waals surface area contributed by atoms with Gasteiger partial charge in [-0.05, 0) is 44.7 Å². The van der Waals surface area contributed by atoms with Gasteiger partial charge in [0.05, 0.1) is 20.2 Å². The van der Waals surface area contributed by atoms with Crippen molar-refractivity contribution >= 4 is 11.7 Å². The number of hydrogen-bond acceptors (Lipinski definition) is 4. The lowest BCUT2D eigenvalue weighted by Crippen LogP contribution is -2.41. The molecule has 0 heterocycles. The van der Waals surface area contributed by atoms with Crippen LogP contribution in [0, 0.1) is 0 Å². The largest absolute Gasteiger partial charge is 0.497 e. The summed E-state index contributed by atoms with van der Waals surface area (Å²) in [4.78, 5) is 25.8. The van der Waals surface area contributed by atoms with E-state index in [1.807, 2.05) is 25.7 Å². The highest BCUT2D eigenvalue weighted by Crippen LogP contribution is 2.12. The maximum atomic E-state index is 12.2. The molecule has 116 valence electrons. The summed E-state index contributed by atoms with van der Waals surface area (Å²) < 4.78 is 5.07. The van der Waals surface area contributed by atoms with Gasteiger partial charge >= 0.3 is 0 Å². The van der Waals surface area contributed by atoms with E-state index in [0.29, 0.717) is 12.1 Å². The Labute approximate surface area is 126 Å². The van der Waals surface area contributed by atoms with Crippen LogP contribution >= 0.6 is 0 Å². The van der Waals surface area contributed by atoms with Crippen molar-refractivity contribution in [3.63, 3.8) is 0 Å².